The maximum absolute atomic E-state index is 11.6. The zero-order valence-electron chi connectivity index (χ0n) is 10.6. The van der Waals surface area contributed by atoms with Gasteiger partial charge in [0.1, 0.15) is 0 Å². The Morgan fingerprint density at radius 2 is 2.06 bits per heavy atom. The summed E-state index contributed by atoms with van der Waals surface area (Å²) in [4.78, 5) is 11.6. The second-order valence-corrected chi connectivity index (χ2v) is 4.19. The normalized spacial score (nSPS) is 12.6. The smallest absolute Gasteiger partial charge is 0.244 e. The minimum atomic E-state index is -0.0162. The van der Waals surface area contributed by atoms with Crippen molar-refractivity contribution in [3.05, 3.63) is 48.0 Å². The molecule has 0 radical (unpaired) electrons. The van der Waals surface area contributed by atoms with Crippen molar-refractivity contribution in [1.29, 1.82) is 0 Å². The third-order valence-electron chi connectivity index (χ3n) is 2.65. The second kappa shape index (κ2) is 7.66. The number of nitrogens with one attached hydrogen (secondary N) is 1. The molecule has 2 nitrogen and oxygen atoms in total. The third kappa shape index (κ3) is 5.34. The average Bonchev–Trinajstić information content (AvgIpc) is 2.36. The van der Waals surface area contributed by atoms with Gasteiger partial charge in [-0.25, -0.2) is 0 Å². The van der Waals surface area contributed by atoms with Crippen molar-refractivity contribution < 1.29 is 4.79 Å². The van der Waals surface area contributed by atoms with Crippen LogP contribution in [0.15, 0.2) is 42.5 Å². The van der Waals surface area contributed by atoms with Gasteiger partial charge in [-0.1, -0.05) is 56.2 Å². The number of amides is 1. The summed E-state index contributed by atoms with van der Waals surface area (Å²) in [7, 11) is 0. The van der Waals surface area contributed by atoms with Crippen LogP contribution in [-0.2, 0) is 4.79 Å². The summed E-state index contributed by atoms with van der Waals surface area (Å²) in [6.45, 7) is 4.14. The Morgan fingerprint density at radius 1 is 1.35 bits per heavy atom. The molecule has 1 atom stereocenters. The molecule has 0 saturated carbocycles. The molecule has 0 aliphatic heterocycles. The molecule has 0 aliphatic carbocycles. The van der Waals surface area contributed by atoms with Crippen molar-refractivity contribution in [3.8, 4) is 0 Å². The number of hydrogen-bond donors (Lipinski definition) is 1. The molecular formula is C15H21NO. The molecule has 2 heteroatoms. The minimum absolute atomic E-state index is 0.0162. The van der Waals surface area contributed by atoms with Gasteiger partial charge in [0.05, 0.1) is 6.04 Å². The van der Waals surface area contributed by atoms with Crippen LogP contribution in [0.25, 0.3) is 0 Å². The zero-order chi connectivity index (χ0) is 12.5. The highest BCUT2D eigenvalue weighted by Crippen LogP contribution is 2.10. The van der Waals surface area contributed by atoms with Crippen LogP contribution in [0.4, 0.5) is 0 Å². The molecule has 17 heavy (non-hydrogen) atoms. The van der Waals surface area contributed by atoms with Crippen LogP contribution in [0.2, 0.25) is 0 Å². The van der Waals surface area contributed by atoms with Gasteiger partial charge in [-0.3, -0.25) is 4.79 Å². The van der Waals surface area contributed by atoms with E-state index >= 15 is 0 Å². The number of rotatable bonds is 6. The molecule has 0 fully saturated rings. The van der Waals surface area contributed by atoms with Gasteiger partial charge in [-0.2, -0.15) is 0 Å². The quantitative estimate of drug-likeness (QED) is 0.588. The fraction of sp³-hybridized carbons (Fsp3) is 0.400. The molecule has 92 valence electrons. The Kier molecular flexibility index (Phi) is 6.08. The lowest BCUT2D eigenvalue weighted by Crippen LogP contribution is -2.24. The first kappa shape index (κ1) is 13.5. The first-order valence-corrected chi connectivity index (χ1v) is 6.26. The van der Waals surface area contributed by atoms with E-state index in [9.17, 15) is 4.79 Å². The summed E-state index contributed by atoms with van der Waals surface area (Å²) in [6, 6.07) is 10.0. The predicted molar refractivity (Wildman–Crippen MR) is 71.7 cm³/mol. The van der Waals surface area contributed by atoms with Crippen molar-refractivity contribution in [2.75, 3.05) is 0 Å². The van der Waals surface area contributed by atoms with Crippen molar-refractivity contribution in [3.63, 3.8) is 0 Å². The topological polar surface area (TPSA) is 29.1 Å². The van der Waals surface area contributed by atoms with Crippen LogP contribution in [0, 0.1) is 0 Å². The van der Waals surface area contributed by atoms with Crippen LogP contribution < -0.4 is 5.32 Å². The van der Waals surface area contributed by atoms with Crippen molar-refractivity contribution >= 4 is 5.91 Å². The molecule has 0 heterocycles. The lowest BCUT2D eigenvalue weighted by molar-refractivity contribution is -0.117. The third-order valence-corrected chi connectivity index (χ3v) is 2.65. The van der Waals surface area contributed by atoms with Crippen molar-refractivity contribution in [2.45, 2.75) is 39.2 Å². The Balaban J connectivity index is 2.38. The number of unbranched alkanes of at least 4 members (excludes halogenated alkanes) is 2. The molecule has 0 unspecified atom stereocenters. The Morgan fingerprint density at radius 3 is 2.71 bits per heavy atom. The molecule has 1 rings (SSSR count). The summed E-state index contributed by atoms with van der Waals surface area (Å²) in [5, 5.41) is 2.95. The highest BCUT2D eigenvalue weighted by molar-refractivity contribution is 5.87. The number of allylic oxidation sites excluding steroid dienone is 1. The molecule has 0 aliphatic rings. The maximum Gasteiger partial charge on any atom is 0.244 e. The van der Waals surface area contributed by atoms with Crippen LogP contribution in [0.3, 0.4) is 0 Å². The standard InChI is InChI=1S/C15H21NO/c1-3-4-5-9-12-15(17)16-13(2)14-10-7-6-8-11-14/h6-13H,3-5H2,1-2H3,(H,16,17)/b12-9+/t13-/m1/s1. The van der Waals surface area contributed by atoms with E-state index in [-0.39, 0.29) is 11.9 Å². The Bertz CT molecular complexity index is 356. The number of hydrogen-bond acceptors (Lipinski definition) is 1. The number of benzene rings is 1. The first-order valence-electron chi connectivity index (χ1n) is 6.26. The molecule has 0 bridgehead atoms. The van der Waals surface area contributed by atoms with E-state index in [1.165, 1.54) is 0 Å². The fourth-order valence-electron chi connectivity index (χ4n) is 1.60. The Labute approximate surface area is 104 Å². The summed E-state index contributed by atoms with van der Waals surface area (Å²) in [5.74, 6) is -0.0162. The lowest BCUT2D eigenvalue weighted by Gasteiger charge is -2.12. The Hall–Kier alpha value is -1.57. The highest BCUT2D eigenvalue weighted by atomic mass is 16.1. The molecule has 1 amide bonds. The van der Waals surface area contributed by atoms with Crippen LogP contribution >= 0.6 is 0 Å². The summed E-state index contributed by atoms with van der Waals surface area (Å²) in [6.07, 6.45) is 6.85. The summed E-state index contributed by atoms with van der Waals surface area (Å²) >= 11 is 0. The van der Waals surface area contributed by atoms with E-state index in [4.69, 9.17) is 0 Å². The molecule has 0 aromatic heterocycles. The van der Waals surface area contributed by atoms with Crippen LogP contribution in [-0.4, -0.2) is 5.91 Å². The van der Waals surface area contributed by atoms with E-state index in [2.05, 4.69) is 12.2 Å². The van der Waals surface area contributed by atoms with Gasteiger partial charge in [-0.05, 0) is 25.0 Å². The predicted octanol–water partition coefficient (Wildman–Crippen LogP) is 3.61. The van der Waals surface area contributed by atoms with Gasteiger partial charge in [0.25, 0.3) is 0 Å². The maximum atomic E-state index is 11.6. The van der Waals surface area contributed by atoms with E-state index in [1.807, 2.05) is 43.3 Å². The molecule has 0 spiro atoms. The molecule has 0 saturated heterocycles. The van der Waals surface area contributed by atoms with Gasteiger partial charge in [0, 0.05) is 0 Å². The number of carbonyl (C=O) groups excluding carboxylic acids is 1. The van der Waals surface area contributed by atoms with Gasteiger partial charge >= 0.3 is 0 Å². The molecule has 1 aromatic carbocycles. The molecule has 1 N–H and O–H groups in total. The van der Waals surface area contributed by atoms with E-state index in [1.54, 1.807) is 6.08 Å². The lowest BCUT2D eigenvalue weighted by atomic mass is 10.1. The number of carbonyl (C=O) groups is 1. The van der Waals surface area contributed by atoms with Gasteiger partial charge in [0.15, 0.2) is 0 Å². The van der Waals surface area contributed by atoms with Crippen LogP contribution in [0.5, 0.6) is 0 Å². The SMILES string of the molecule is CCCC/C=C/C(=O)N[C@H](C)c1ccccc1. The summed E-state index contributed by atoms with van der Waals surface area (Å²) < 4.78 is 0. The van der Waals surface area contributed by atoms with E-state index < -0.39 is 0 Å². The zero-order valence-corrected chi connectivity index (χ0v) is 10.6. The minimum Gasteiger partial charge on any atom is -0.346 e. The van der Waals surface area contributed by atoms with E-state index in [0.717, 1.165) is 24.8 Å². The summed E-state index contributed by atoms with van der Waals surface area (Å²) in [5.41, 5.74) is 1.13. The fourth-order valence-corrected chi connectivity index (χ4v) is 1.60. The van der Waals surface area contributed by atoms with Crippen molar-refractivity contribution in [1.82, 2.24) is 5.32 Å². The first-order chi connectivity index (χ1) is 8.24. The van der Waals surface area contributed by atoms with Crippen LogP contribution in [0.1, 0.15) is 44.7 Å². The van der Waals surface area contributed by atoms with Gasteiger partial charge in [-0.15, -0.1) is 0 Å². The highest BCUT2D eigenvalue weighted by Gasteiger charge is 2.05. The second-order valence-electron chi connectivity index (χ2n) is 4.19. The van der Waals surface area contributed by atoms with Gasteiger partial charge in [0.2, 0.25) is 5.91 Å². The average molecular weight is 231 g/mol. The van der Waals surface area contributed by atoms with E-state index in [0.29, 0.717) is 0 Å². The van der Waals surface area contributed by atoms with Gasteiger partial charge < -0.3 is 5.32 Å². The van der Waals surface area contributed by atoms with Crippen molar-refractivity contribution in [2.24, 2.45) is 0 Å². The monoisotopic (exact) mass is 231 g/mol. The molecular weight excluding hydrogens is 210 g/mol. The largest absolute Gasteiger partial charge is 0.346 e. The molecule has 1 aromatic rings.